The molecule has 0 aliphatic carbocycles. The van der Waals surface area contributed by atoms with Gasteiger partial charge in [0.2, 0.25) is 0 Å². The number of ether oxygens (including phenoxy) is 1. The summed E-state index contributed by atoms with van der Waals surface area (Å²) in [6.45, 7) is 3.19. The molecule has 54 valence electrons. The van der Waals surface area contributed by atoms with Crippen LogP contribution in [0.1, 0.15) is 19.8 Å². The molecule has 1 rings (SSSR count). The van der Waals surface area contributed by atoms with Crippen molar-refractivity contribution in [1.29, 1.82) is 0 Å². The second kappa shape index (κ2) is 3.18. The molecule has 9 heavy (non-hydrogen) atoms. The van der Waals surface area contributed by atoms with Crippen molar-refractivity contribution < 1.29 is 9.84 Å². The molecule has 1 saturated heterocycles. The highest BCUT2D eigenvalue weighted by molar-refractivity contribution is 4.65. The summed E-state index contributed by atoms with van der Waals surface area (Å²) >= 11 is 0. The van der Waals surface area contributed by atoms with Crippen LogP contribution < -0.4 is 0 Å². The van der Waals surface area contributed by atoms with Crippen LogP contribution in [0.3, 0.4) is 0 Å². The lowest BCUT2D eigenvalue weighted by Gasteiger charge is -2.24. The first-order valence-corrected chi connectivity index (χ1v) is 3.55. The van der Waals surface area contributed by atoms with E-state index in [4.69, 9.17) is 9.84 Å². The summed E-state index contributed by atoms with van der Waals surface area (Å²) in [5, 5.41) is 8.65. The van der Waals surface area contributed by atoms with Crippen molar-refractivity contribution in [2.75, 3.05) is 13.2 Å². The Morgan fingerprint density at radius 2 is 2.33 bits per heavy atom. The van der Waals surface area contributed by atoms with Gasteiger partial charge in [-0.2, -0.15) is 0 Å². The van der Waals surface area contributed by atoms with E-state index >= 15 is 0 Å². The Morgan fingerprint density at radius 3 is 2.78 bits per heavy atom. The van der Waals surface area contributed by atoms with Gasteiger partial charge in [-0.25, -0.2) is 0 Å². The van der Waals surface area contributed by atoms with E-state index in [0.29, 0.717) is 5.92 Å². The highest BCUT2D eigenvalue weighted by Crippen LogP contribution is 2.17. The Labute approximate surface area is 55.8 Å². The molecule has 0 unspecified atom stereocenters. The van der Waals surface area contributed by atoms with E-state index in [2.05, 4.69) is 6.92 Å². The Morgan fingerprint density at radius 1 is 1.56 bits per heavy atom. The fourth-order valence-corrected chi connectivity index (χ4v) is 1.08. The summed E-state index contributed by atoms with van der Waals surface area (Å²) in [5.74, 6) is 0.688. The Balaban J connectivity index is 2.18. The zero-order chi connectivity index (χ0) is 6.69. The van der Waals surface area contributed by atoms with Gasteiger partial charge in [-0.15, -0.1) is 0 Å². The van der Waals surface area contributed by atoms with Gasteiger partial charge in [-0.05, 0) is 18.8 Å². The van der Waals surface area contributed by atoms with Crippen molar-refractivity contribution in [2.45, 2.75) is 25.9 Å². The van der Waals surface area contributed by atoms with Gasteiger partial charge in [0.1, 0.15) is 0 Å². The predicted octanol–water partition coefficient (Wildman–Crippen LogP) is 0.794. The van der Waals surface area contributed by atoms with E-state index in [9.17, 15) is 0 Å². The molecule has 2 nitrogen and oxygen atoms in total. The molecule has 0 radical (unpaired) electrons. The normalized spacial score (nSPS) is 36.7. The average Bonchev–Trinajstić information content (AvgIpc) is 1.90. The molecule has 0 aromatic carbocycles. The summed E-state index contributed by atoms with van der Waals surface area (Å²) in [4.78, 5) is 0. The molecule has 1 aliphatic rings. The van der Waals surface area contributed by atoms with Crippen molar-refractivity contribution in [1.82, 2.24) is 0 Å². The number of rotatable bonds is 1. The molecule has 0 aromatic heterocycles. The van der Waals surface area contributed by atoms with Gasteiger partial charge >= 0.3 is 0 Å². The molecule has 0 saturated carbocycles. The monoisotopic (exact) mass is 130 g/mol. The lowest BCUT2D eigenvalue weighted by Crippen LogP contribution is -2.26. The Kier molecular flexibility index (Phi) is 2.49. The van der Waals surface area contributed by atoms with Gasteiger partial charge in [0.15, 0.2) is 0 Å². The molecule has 1 fully saturated rings. The van der Waals surface area contributed by atoms with Gasteiger partial charge < -0.3 is 9.84 Å². The van der Waals surface area contributed by atoms with Crippen LogP contribution in [-0.4, -0.2) is 24.4 Å². The molecule has 1 aliphatic heterocycles. The minimum Gasteiger partial charge on any atom is -0.394 e. The van der Waals surface area contributed by atoms with E-state index in [1.807, 2.05) is 0 Å². The maximum atomic E-state index is 8.65. The minimum atomic E-state index is 0.126. The summed E-state index contributed by atoms with van der Waals surface area (Å²) in [6, 6.07) is 0. The molecule has 2 heteroatoms. The Hall–Kier alpha value is -0.0800. The van der Waals surface area contributed by atoms with Crippen molar-refractivity contribution >= 4 is 0 Å². The standard InChI is InChI=1S/C7H14O2/c1-6-2-3-7(4-8)9-5-6/h6-8H,2-5H2,1H3/t6-,7-/m1/s1. The maximum absolute atomic E-state index is 8.65. The quantitative estimate of drug-likeness (QED) is 0.568. The molecular weight excluding hydrogens is 116 g/mol. The lowest BCUT2D eigenvalue weighted by molar-refractivity contribution is -0.0386. The van der Waals surface area contributed by atoms with Crippen LogP contribution in [0, 0.1) is 5.92 Å². The molecule has 0 bridgehead atoms. The van der Waals surface area contributed by atoms with Crippen LogP contribution in [-0.2, 0) is 4.74 Å². The van der Waals surface area contributed by atoms with E-state index in [1.54, 1.807) is 0 Å². The average molecular weight is 130 g/mol. The van der Waals surface area contributed by atoms with Crippen LogP contribution in [0.2, 0.25) is 0 Å². The van der Waals surface area contributed by atoms with E-state index in [-0.39, 0.29) is 12.7 Å². The summed E-state index contributed by atoms with van der Waals surface area (Å²) in [7, 11) is 0. The van der Waals surface area contributed by atoms with Gasteiger partial charge in [0.25, 0.3) is 0 Å². The maximum Gasteiger partial charge on any atom is 0.0806 e. The largest absolute Gasteiger partial charge is 0.394 e. The van der Waals surface area contributed by atoms with Crippen LogP contribution in [0.4, 0.5) is 0 Å². The van der Waals surface area contributed by atoms with Crippen LogP contribution in [0.15, 0.2) is 0 Å². The highest BCUT2D eigenvalue weighted by atomic mass is 16.5. The van der Waals surface area contributed by atoms with Crippen LogP contribution in [0.25, 0.3) is 0 Å². The van der Waals surface area contributed by atoms with Gasteiger partial charge in [-0.3, -0.25) is 0 Å². The predicted molar refractivity (Wildman–Crippen MR) is 35.2 cm³/mol. The number of aliphatic hydroxyl groups excluding tert-OH is 1. The molecule has 0 aromatic rings. The molecular formula is C7H14O2. The molecule has 2 atom stereocenters. The third-order valence-corrected chi connectivity index (χ3v) is 1.80. The first-order chi connectivity index (χ1) is 4.33. The topological polar surface area (TPSA) is 29.5 Å². The second-order valence-electron chi connectivity index (χ2n) is 2.82. The summed E-state index contributed by atoms with van der Waals surface area (Å²) < 4.78 is 5.29. The Bertz CT molecular complexity index is 75.0. The van der Waals surface area contributed by atoms with Gasteiger partial charge in [0.05, 0.1) is 12.7 Å². The van der Waals surface area contributed by atoms with Crippen molar-refractivity contribution in [3.63, 3.8) is 0 Å². The summed E-state index contributed by atoms with van der Waals surface area (Å²) in [5.41, 5.74) is 0. The van der Waals surface area contributed by atoms with E-state index < -0.39 is 0 Å². The fraction of sp³-hybridized carbons (Fsp3) is 1.00. The third-order valence-electron chi connectivity index (χ3n) is 1.80. The minimum absolute atomic E-state index is 0.126. The number of hydrogen-bond donors (Lipinski definition) is 1. The van der Waals surface area contributed by atoms with E-state index in [0.717, 1.165) is 13.0 Å². The van der Waals surface area contributed by atoms with Gasteiger partial charge in [0, 0.05) is 6.61 Å². The van der Waals surface area contributed by atoms with Gasteiger partial charge in [-0.1, -0.05) is 6.92 Å². The smallest absolute Gasteiger partial charge is 0.0806 e. The zero-order valence-electron chi connectivity index (χ0n) is 5.84. The highest BCUT2D eigenvalue weighted by Gasteiger charge is 2.16. The first-order valence-electron chi connectivity index (χ1n) is 3.55. The molecule has 1 N–H and O–H groups in total. The third kappa shape index (κ3) is 1.95. The number of aliphatic hydroxyl groups is 1. The fourth-order valence-electron chi connectivity index (χ4n) is 1.08. The van der Waals surface area contributed by atoms with E-state index in [1.165, 1.54) is 6.42 Å². The summed E-state index contributed by atoms with van der Waals surface area (Å²) in [6.07, 6.45) is 2.35. The second-order valence-corrected chi connectivity index (χ2v) is 2.82. The lowest BCUT2D eigenvalue weighted by atomic mass is 10.0. The van der Waals surface area contributed by atoms with Crippen molar-refractivity contribution in [3.05, 3.63) is 0 Å². The van der Waals surface area contributed by atoms with Crippen LogP contribution in [0.5, 0.6) is 0 Å². The zero-order valence-corrected chi connectivity index (χ0v) is 5.84. The SMILES string of the molecule is C[C@@H]1CC[C@H](CO)OC1. The van der Waals surface area contributed by atoms with Crippen LogP contribution >= 0.6 is 0 Å². The molecule has 1 heterocycles. The van der Waals surface area contributed by atoms with Crippen molar-refractivity contribution in [3.8, 4) is 0 Å². The molecule has 0 spiro atoms. The first kappa shape index (κ1) is 7.03. The molecule has 0 amide bonds. The number of hydrogen-bond acceptors (Lipinski definition) is 2. The van der Waals surface area contributed by atoms with Crippen molar-refractivity contribution in [2.24, 2.45) is 5.92 Å².